The van der Waals surface area contributed by atoms with Crippen LogP contribution < -0.4 is 0 Å². The van der Waals surface area contributed by atoms with Gasteiger partial charge in [0.15, 0.2) is 0 Å². The number of nitrogens with zero attached hydrogens (tertiary/aromatic N) is 1. The van der Waals surface area contributed by atoms with Crippen LogP contribution in [0.3, 0.4) is 0 Å². The van der Waals surface area contributed by atoms with Gasteiger partial charge < -0.3 is 14.7 Å². The molecule has 2 fully saturated rings. The molecule has 3 heterocycles. The van der Waals surface area contributed by atoms with Gasteiger partial charge in [-0.1, -0.05) is 54.6 Å². The second-order valence-corrected chi connectivity index (χ2v) is 6.27. The molecule has 1 amide bonds. The van der Waals surface area contributed by atoms with Crippen LogP contribution in [0, 0.1) is 11.8 Å². The van der Waals surface area contributed by atoms with Gasteiger partial charge in [-0.15, -0.1) is 0 Å². The average Bonchev–Trinajstić information content (AvgIpc) is 3.17. The molecule has 0 aromatic heterocycles. The van der Waals surface area contributed by atoms with Gasteiger partial charge in [0.2, 0.25) is 5.91 Å². The van der Waals surface area contributed by atoms with E-state index in [0.717, 1.165) is 5.56 Å². The number of carbonyl (C=O) groups is 2. The molecule has 1 spiro atoms. The fourth-order valence-electron chi connectivity index (χ4n) is 3.89. The number of rotatable bonds is 4. The van der Waals surface area contributed by atoms with Gasteiger partial charge in [0.1, 0.15) is 11.5 Å². The molecule has 0 aliphatic carbocycles. The van der Waals surface area contributed by atoms with E-state index in [0.29, 0.717) is 13.1 Å². The van der Waals surface area contributed by atoms with Crippen LogP contribution in [0.2, 0.25) is 0 Å². The summed E-state index contributed by atoms with van der Waals surface area (Å²) in [5.41, 5.74) is 0.323. The molecule has 1 aromatic carbocycles. The number of carbonyl (C=O) groups excluding carboxylic acids is 1. The van der Waals surface area contributed by atoms with Crippen LogP contribution in [0.15, 0.2) is 48.6 Å². The third-order valence-electron chi connectivity index (χ3n) is 4.90. The lowest BCUT2D eigenvalue weighted by Crippen LogP contribution is -2.39. The molecule has 1 N–H and O–H groups in total. The highest BCUT2D eigenvalue weighted by Crippen LogP contribution is 2.51. The van der Waals surface area contributed by atoms with E-state index in [4.69, 9.17) is 4.74 Å². The van der Waals surface area contributed by atoms with Crippen LogP contribution in [0.25, 0.3) is 6.08 Å². The lowest BCUT2D eigenvalue weighted by atomic mass is 9.77. The second-order valence-electron chi connectivity index (χ2n) is 6.27. The minimum absolute atomic E-state index is 0.123. The summed E-state index contributed by atoms with van der Waals surface area (Å²) in [6.07, 6.45) is 7.08. The van der Waals surface area contributed by atoms with E-state index in [1.165, 1.54) is 0 Å². The molecular formula is C18H17NO4. The maximum atomic E-state index is 12.6. The SMILES string of the molecule is O=C(O)[C@@H]1[C@H]2C(=O)N(C/C=C/c3ccccc3)C[C@]23C=C[C@H]1O3. The number of benzene rings is 1. The zero-order valence-corrected chi connectivity index (χ0v) is 12.5. The molecule has 0 saturated carbocycles. The van der Waals surface area contributed by atoms with E-state index in [9.17, 15) is 14.7 Å². The Bertz CT molecular complexity index is 711. The monoisotopic (exact) mass is 311 g/mol. The van der Waals surface area contributed by atoms with E-state index in [-0.39, 0.29) is 5.91 Å². The van der Waals surface area contributed by atoms with Crippen LogP contribution >= 0.6 is 0 Å². The highest BCUT2D eigenvalue weighted by atomic mass is 16.5. The maximum absolute atomic E-state index is 12.6. The molecule has 2 bridgehead atoms. The van der Waals surface area contributed by atoms with Crippen LogP contribution in [0.4, 0.5) is 0 Å². The van der Waals surface area contributed by atoms with Gasteiger partial charge in [0.25, 0.3) is 0 Å². The third kappa shape index (κ3) is 2.11. The summed E-state index contributed by atoms with van der Waals surface area (Å²) in [4.78, 5) is 25.8. The van der Waals surface area contributed by atoms with Gasteiger partial charge in [-0.25, -0.2) is 0 Å². The predicted molar refractivity (Wildman–Crippen MR) is 83.4 cm³/mol. The molecule has 5 heteroatoms. The first kappa shape index (κ1) is 14.2. The number of hydrogen-bond acceptors (Lipinski definition) is 3. The summed E-state index contributed by atoms with van der Waals surface area (Å²) >= 11 is 0. The molecule has 118 valence electrons. The Balaban J connectivity index is 1.51. The van der Waals surface area contributed by atoms with Crippen molar-refractivity contribution in [1.82, 2.24) is 4.90 Å². The molecule has 3 aliphatic heterocycles. The number of likely N-dealkylation sites (tertiary alicyclic amines) is 1. The zero-order chi connectivity index (χ0) is 16.0. The van der Waals surface area contributed by atoms with Gasteiger partial charge in [-0.2, -0.15) is 0 Å². The van der Waals surface area contributed by atoms with Crippen molar-refractivity contribution < 1.29 is 19.4 Å². The molecule has 0 unspecified atom stereocenters. The fraction of sp³-hybridized carbons (Fsp3) is 0.333. The topological polar surface area (TPSA) is 66.8 Å². The van der Waals surface area contributed by atoms with Crippen molar-refractivity contribution in [2.45, 2.75) is 11.7 Å². The van der Waals surface area contributed by atoms with Crippen molar-refractivity contribution in [3.8, 4) is 0 Å². The Morgan fingerprint density at radius 1 is 1.39 bits per heavy atom. The molecule has 5 nitrogen and oxygen atoms in total. The maximum Gasteiger partial charge on any atom is 0.310 e. The number of ether oxygens (including phenoxy) is 1. The van der Waals surface area contributed by atoms with Crippen LogP contribution in [0.5, 0.6) is 0 Å². The summed E-state index contributed by atoms with van der Waals surface area (Å²) in [7, 11) is 0. The lowest BCUT2D eigenvalue weighted by Gasteiger charge is -2.21. The van der Waals surface area contributed by atoms with E-state index in [1.54, 1.807) is 11.0 Å². The smallest absolute Gasteiger partial charge is 0.310 e. The first-order chi connectivity index (χ1) is 11.1. The molecule has 4 atom stereocenters. The molecule has 23 heavy (non-hydrogen) atoms. The van der Waals surface area contributed by atoms with Crippen molar-refractivity contribution in [1.29, 1.82) is 0 Å². The van der Waals surface area contributed by atoms with E-state index in [2.05, 4.69) is 0 Å². The van der Waals surface area contributed by atoms with Crippen molar-refractivity contribution in [2.24, 2.45) is 11.8 Å². The van der Waals surface area contributed by atoms with E-state index >= 15 is 0 Å². The quantitative estimate of drug-likeness (QED) is 0.857. The molecule has 0 radical (unpaired) electrons. The number of hydrogen-bond donors (Lipinski definition) is 1. The highest BCUT2D eigenvalue weighted by molar-refractivity contribution is 5.90. The van der Waals surface area contributed by atoms with Gasteiger partial charge in [0, 0.05) is 6.54 Å². The Morgan fingerprint density at radius 2 is 2.17 bits per heavy atom. The molecular weight excluding hydrogens is 294 g/mol. The lowest BCUT2D eigenvalue weighted by molar-refractivity contribution is -0.147. The summed E-state index contributed by atoms with van der Waals surface area (Å²) in [5, 5.41) is 9.41. The van der Waals surface area contributed by atoms with E-state index < -0.39 is 29.5 Å². The van der Waals surface area contributed by atoms with Gasteiger partial charge in [0.05, 0.1) is 18.6 Å². The number of aliphatic carboxylic acids is 1. The summed E-state index contributed by atoms with van der Waals surface area (Å²) in [6, 6.07) is 9.85. The summed E-state index contributed by atoms with van der Waals surface area (Å²) < 4.78 is 5.84. The number of carboxylic acids is 1. The molecule has 1 aromatic rings. The Hall–Kier alpha value is -2.40. The average molecular weight is 311 g/mol. The van der Waals surface area contributed by atoms with Crippen LogP contribution in [0.1, 0.15) is 5.56 Å². The predicted octanol–water partition coefficient (Wildman–Crippen LogP) is 1.57. The number of carboxylic acid groups (broad SMARTS) is 1. The van der Waals surface area contributed by atoms with Gasteiger partial charge in [-0.3, -0.25) is 9.59 Å². The van der Waals surface area contributed by atoms with E-state index in [1.807, 2.05) is 48.6 Å². The molecule has 4 rings (SSSR count). The fourth-order valence-corrected chi connectivity index (χ4v) is 3.89. The Morgan fingerprint density at radius 3 is 2.91 bits per heavy atom. The standard InChI is InChI=1S/C18H17NO4/c20-16-15-14(17(21)22)13-8-9-18(15,23-13)11-19(16)10-4-7-12-5-2-1-3-6-12/h1-9,13-15H,10-11H2,(H,21,22)/b7-4+/t13-,14+,15+,18-/m1/s1. The molecule has 2 saturated heterocycles. The van der Waals surface area contributed by atoms with Crippen molar-refractivity contribution >= 4 is 18.0 Å². The third-order valence-corrected chi connectivity index (χ3v) is 4.90. The van der Waals surface area contributed by atoms with Crippen LogP contribution in [-0.2, 0) is 14.3 Å². The summed E-state index contributed by atoms with van der Waals surface area (Å²) in [6.45, 7) is 0.882. The summed E-state index contributed by atoms with van der Waals surface area (Å²) in [5.74, 6) is -2.45. The number of amides is 1. The van der Waals surface area contributed by atoms with Crippen molar-refractivity contribution in [2.75, 3.05) is 13.1 Å². The minimum Gasteiger partial charge on any atom is -0.481 e. The van der Waals surface area contributed by atoms with Gasteiger partial charge in [-0.05, 0) is 5.56 Å². The number of fused-ring (bicyclic) bond motifs is 1. The minimum atomic E-state index is -0.957. The highest BCUT2D eigenvalue weighted by Gasteiger charge is 2.66. The molecule has 3 aliphatic rings. The van der Waals surface area contributed by atoms with Crippen LogP contribution in [-0.4, -0.2) is 46.7 Å². The Labute approximate surface area is 133 Å². The normalized spacial score (nSPS) is 34.5. The Kier molecular flexibility index (Phi) is 3.13. The first-order valence-electron chi connectivity index (χ1n) is 7.71. The van der Waals surface area contributed by atoms with Gasteiger partial charge >= 0.3 is 5.97 Å². The van der Waals surface area contributed by atoms with Crippen molar-refractivity contribution in [3.63, 3.8) is 0 Å². The largest absolute Gasteiger partial charge is 0.481 e. The first-order valence-corrected chi connectivity index (χ1v) is 7.71. The zero-order valence-electron chi connectivity index (χ0n) is 12.5. The second kappa shape index (κ2) is 5.06. The van der Waals surface area contributed by atoms with Crippen molar-refractivity contribution in [3.05, 3.63) is 54.1 Å².